The van der Waals surface area contributed by atoms with Crippen LogP contribution in [0.3, 0.4) is 0 Å². The Balaban J connectivity index is 2.31. The molecule has 0 radical (unpaired) electrons. The number of allylic oxidation sites excluding steroid dienone is 4. The fourth-order valence-electron chi connectivity index (χ4n) is 5.10. The molecule has 0 heterocycles. The summed E-state index contributed by atoms with van der Waals surface area (Å²) >= 11 is 0. The molecular formula is C20H32O. The maximum atomic E-state index is 9.96. The van der Waals surface area contributed by atoms with E-state index in [0.717, 1.165) is 12.8 Å². The second-order valence-electron chi connectivity index (χ2n) is 7.86. The van der Waals surface area contributed by atoms with Gasteiger partial charge in [0.2, 0.25) is 0 Å². The Kier molecular flexibility index (Phi) is 4.82. The summed E-state index contributed by atoms with van der Waals surface area (Å²) in [7, 11) is 0. The van der Waals surface area contributed by atoms with E-state index in [9.17, 15) is 5.11 Å². The first-order valence-electron chi connectivity index (χ1n) is 8.45. The van der Waals surface area contributed by atoms with Crippen molar-refractivity contribution in [2.24, 2.45) is 22.7 Å². The molecule has 2 aliphatic rings. The highest BCUT2D eigenvalue weighted by atomic mass is 16.3. The van der Waals surface area contributed by atoms with Gasteiger partial charge < -0.3 is 5.11 Å². The molecule has 0 unspecified atom stereocenters. The quantitative estimate of drug-likeness (QED) is 0.551. The van der Waals surface area contributed by atoms with Crippen molar-refractivity contribution in [3.05, 3.63) is 36.5 Å². The molecule has 0 saturated heterocycles. The molecule has 2 saturated carbocycles. The average Bonchev–Trinajstić information content (AvgIpc) is 2.45. The Morgan fingerprint density at radius 3 is 2.71 bits per heavy atom. The first-order valence-corrected chi connectivity index (χ1v) is 8.45. The van der Waals surface area contributed by atoms with Crippen LogP contribution in [0.5, 0.6) is 0 Å². The number of hydrogen-bond donors (Lipinski definition) is 1. The van der Waals surface area contributed by atoms with E-state index in [1.807, 2.05) is 6.08 Å². The van der Waals surface area contributed by atoms with Crippen molar-refractivity contribution in [1.29, 1.82) is 0 Å². The molecule has 21 heavy (non-hydrogen) atoms. The highest BCUT2D eigenvalue weighted by Crippen LogP contribution is 2.61. The van der Waals surface area contributed by atoms with Gasteiger partial charge in [0.15, 0.2) is 0 Å². The smallest absolute Gasteiger partial charge is 0.0487 e. The fourth-order valence-corrected chi connectivity index (χ4v) is 5.10. The number of hydrogen-bond acceptors (Lipinski definition) is 1. The highest BCUT2D eigenvalue weighted by molar-refractivity contribution is 5.20. The monoisotopic (exact) mass is 288 g/mol. The number of fused-ring (bicyclic) bond motifs is 1. The zero-order valence-electron chi connectivity index (χ0n) is 14.1. The van der Waals surface area contributed by atoms with Gasteiger partial charge in [-0.15, -0.1) is 0 Å². The second-order valence-corrected chi connectivity index (χ2v) is 7.86. The highest BCUT2D eigenvalue weighted by Gasteiger charge is 2.53. The third-order valence-electron chi connectivity index (χ3n) is 6.50. The van der Waals surface area contributed by atoms with Crippen molar-refractivity contribution in [2.45, 2.75) is 59.3 Å². The third-order valence-corrected chi connectivity index (χ3v) is 6.50. The molecule has 1 N–H and O–H groups in total. The van der Waals surface area contributed by atoms with Crippen LogP contribution in [0.4, 0.5) is 0 Å². The average molecular weight is 288 g/mol. The van der Waals surface area contributed by atoms with Gasteiger partial charge in [0.1, 0.15) is 0 Å². The molecule has 118 valence electrons. The molecule has 0 aromatic heterocycles. The fraction of sp³-hybridized carbons (Fsp3) is 0.700. The lowest BCUT2D eigenvalue weighted by molar-refractivity contribution is -0.0837. The lowest BCUT2D eigenvalue weighted by atomic mass is 9.47. The molecule has 4 atom stereocenters. The zero-order chi connectivity index (χ0) is 15.7. The van der Waals surface area contributed by atoms with Gasteiger partial charge in [-0.3, -0.25) is 0 Å². The third kappa shape index (κ3) is 2.90. The number of rotatable bonds is 4. The predicted molar refractivity (Wildman–Crippen MR) is 91.1 cm³/mol. The van der Waals surface area contributed by atoms with E-state index in [1.54, 1.807) is 0 Å². The van der Waals surface area contributed by atoms with Crippen molar-refractivity contribution < 1.29 is 5.11 Å². The lowest BCUT2D eigenvalue weighted by Gasteiger charge is -2.58. The van der Waals surface area contributed by atoms with E-state index in [0.29, 0.717) is 23.9 Å². The topological polar surface area (TPSA) is 20.2 Å². The SMILES string of the molecule is C=C/C(C)=C\C[C@@H]1C(=C)CC[C@@H]2[C@](C)(CO)CCC[C@@]12C. The van der Waals surface area contributed by atoms with Gasteiger partial charge in [0.05, 0.1) is 0 Å². The molecule has 0 amide bonds. The van der Waals surface area contributed by atoms with E-state index in [2.05, 4.69) is 40.0 Å². The first-order chi connectivity index (χ1) is 9.87. The van der Waals surface area contributed by atoms with Gasteiger partial charge in [-0.25, -0.2) is 0 Å². The molecular weight excluding hydrogens is 256 g/mol. The summed E-state index contributed by atoms with van der Waals surface area (Å²) in [5.41, 5.74) is 3.07. The van der Waals surface area contributed by atoms with Crippen LogP contribution in [0.25, 0.3) is 0 Å². The summed E-state index contributed by atoms with van der Waals surface area (Å²) < 4.78 is 0. The molecule has 0 aliphatic heterocycles. The molecule has 2 fully saturated rings. The Bertz CT molecular complexity index is 447. The van der Waals surface area contributed by atoms with Gasteiger partial charge >= 0.3 is 0 Å². The Morgan fingerprint density at radius 1 is 1.38 bits per heavy atom. The Labute approximate surface area is 130 Å². The number of aliphatic hydroxyl groups excluding tert-OH is 1. The van der Waals surface area contributed by atoms with E-state index in [4.69, 9.17) is 0 Å². The predicted octanol–water partition coefficient (Wildman–Crippen LogP) is 5.28. The van der Waals surface area contributed by atoms with Crippen LogP contribution in [0.15, 0.2) is 36.5 Å². The van der Waals surface area contributed by atoms with Crippen LogP contribution < -0.4 is 0 Å². The van der Waals surface area contributed by atoms with E-state index in [1.165, 1.54) is 36.8 Å². The summed E-state index contributed by atoms with van der Waals surface area (Å²) in [6.07, 6.45) is 11.3. The Morgan fingerprint density at radius 2 is 2.10 bits per heavy atom. The van der Waals surface area contributed by atoms with Gasteiger partial charge in [-0.2, -0.15) is 0 Å². The summed E-state index contributed by atoms with van der Waals surface area (Å²) in [6.45, 7) is 15.4. The van der Waals surface area contributed by atoms with Gasteiger partial charge in [0, 0.05) is 6.61 Å². The minimum Gasteiger partial charge on any atom is -0.396 e. The van der Waals surface area contributed by atoms with Crippen LogP contribution in [0.1, 0.15) is 59.3 Å². The van der Waals surface area contributed by atoms with Crippen LogP contribution in [0.2, 0.25) is 0 Å². The molecule has 2 rings (SSSR count). The maximum Gasteiger partial charge on any atom is 0.0487 e. The molecule has 0 bridgehead atoms. The van der Waals surface area contributed by atoms with Crippen molar-refractivity contribution >= 4 is 0 Å². The minimum absolute atomic E-state index is 0.100. The molecule has 2 aliphatic carbocycles. The van der Waals surface area contributed by atoms with Crippen LogP contribution in [0, 0.1) is 22.7 Å². The largest absolute Gasteiger partial charge is 0.396 e. The minimum atomic E-state index is 0.100. The molecule has 1 heteroatoms. The van der Waals surface area contributed by atoms with Gasteiger partial charge in [0.25, 0.3) is 0 Å². The molecule has 0 spiro atoms. The number of aliphatic hydroxyl groups is 1. The van der Waals surface area contributed by atoms with Crippen molar-refractivity contribution in [2.75, 3.05) is 6.61 Å². The van der Waals surface area contributed by atoms with E-state index >= 15 is 0 Å². The second kappa shape index (κ2) is 6.12. The maximum absolute atomic E-state index is 9.96. The zero-order valence-corrected chi connectivity index (χ0v) is 14.1. The van der Waals surface area contributed by atoms with Crippen molar-refractivity contribution in [3.63, 3.8) is 0 Å². The molecule has 0 aromatic rings. The summed E-state index contributed by atoms with van der Waals surface area (Å²) in [5.74, 6) is 1.18. The normalized spacial score (nSPS) is 40.8. The summed E-state index contributed by atoms with van der Waals surface area (Å²) in [6, 6.07) is 0. The van der Waals surface area contributed by atoms with Crippen molar-refractivity contribution in [3.8, 4) is 0 Å². The molecule has 0 aromatic carbocycles. The van der Waals surface area contributed by atoms with Crippen LogP contribution in [-0.4, -0.2) is 11.7 Å². The van der Waals surface area contributed by atoms with Crippen LogP contribution in [-0.2, 0) is 0 Å². The van der Waals surface area contributed by atoms with Crippen molar-refractivity contribution in [1.82, 2.24) is 0 Å². The van der Waals surface area contributed by atoms with Gasteiger partial charge in [-0.1, -0.05) is 56.7 Å². The molecule has 1 nitrogen and oxygen atoms in total. The van der Waals surface area contributed by atoms with E-state index < -0.39 is 0 Å². The lowest BCUT2D eigenvalue weighted by Crippen LogP contribution is -2.51. The van der Waals surface area contributed by atoms with Gasteiger partial charge in [-0.05, 0) is 61.7 Å². The Hall–Kier alpha value is -0.820. The summed E-state index contributed by atoms with van der Waals surface area (Å²) in [4.78, 5) is 0. The summed E-state index contributed by atoms with van der Waals surface area (Å²) in [5, 5.41) is 9.96. The van der Waals surface area contributed by atoms with Crippen LogP contribution >= 0.6 is 0 Å². The standard InChI is InChI=1S/C20H32O/c1-6-15(2)8-10-17-16(3)9-11-18-19(4,14-21)12-7-13-20(17,18)5/h6,8,17-18,21H,1,3,7,9-14H2,2,4-5H3/b15-8-/t17-,18-,19+,20+/m1/s1. The first kappa shape index (κ1) is 16.5. The van der Waals surface area contributed by atoms with E-state index in [-0.39, 0.29) is 5.41 Å².